The van der Waals surface area contributed by atoms with Gasteiger partial charge in [-0.15, -0.1) is 11.3 Å². The van der Waals surface area contributed by atoms with Crippen molar-refractivity contribution < 1.29 is 5.11 Å². The number of fused-ring (bicyclic) bond motifs is 1. The summed E-state index contributed by atoms with van der Waals surface area (Å²) in [7, 11) is 0. The number of halogens is 1. The van der Waals surface area contributed by atoms with Crippen molar-refractivity contribution >= 4 is 33.2 Å². The number of benzene rings is 1. The molecule has 2 rings (SSSR count). The number of thiazole rings is 1. The smallest absolute Gasteiger partial charge is 0.0992 e. The van der Waals surface area contributed by atoms with Crippen LogP contribution in [-0.4, -0.2) is 10.1 Å². The third kappa shape index (κ3) is 2.08. The molecule has 0 unspecified atom stereocenters. The molecule has 0 aliphatic carbocycles. The molecule has 0 spiro atoms. The van der Waals surface area contributed by atoms with Crippen LogP contribution in [0.15, 0.2) is 12.1 Å². The lowest BCUT2D eigenvalue weighted by Gasteiger charge is -2.13. The second-order valence-electron chi connectivity index (χ2n) is 4.84. The van der Waals surface area contributed by atoms with E-state index in [-0.39, 0.29) is 12.0 Å². The first-order chi connectivity index (χ1) is 7.41. The lowest BCUT2D eigenvalue weighted by Crippen LogP contribution is -2.09. The number of aromatic nitrogens is 1. The summed E-state index contributed by atoms with van der Waals surface area (Å²) in [4.78, 5) is 4.60. The zero-order valence-corrected chi connectivity index (χ0v) is 11.1. The molecule has 1 heterocycles. The Balaban J connectivity index is 2.70. The van der Waals surface area contributed by atoms with Crippen LogP contribution < -0.4 is 0 Å². The molecule has 0 aliphatic heterocycles. The SMILES string of the molecule is CC(C)(C)c1nc2c(CO)cc(Cl)cc2s1. The fourth-order valence-electron chi connectivity index (χ4n) is 1.50. The summed E-state index contributed by atoms with van der Waals surface area (Å²) >= 11 is 7.64. The first kappa shape index (κ1) is 11.8. The highest BCUT2D eigenvalue weighted by Crippen LogP contribution is 2.34. The van der Waals surface area contributed by atoms with Crippen LogP contribution in [0.4, 0.5) is 0 Å². The third-order valence-electron chi connectivity index (χ3n) is 2.35. The average molecular weight is 256 g/mol. The minimum Gasteiger partial charge on any atom is -0.392 e. The molecule has 0 fully saturated rings. The zero-order chi connectivity index (χ0) is 11.9. The van der Waals surface area contributed by atoms with Gasteiger partial charge in [-0.1, -0.05) is 32.4 Å². The summed E-state index contributed by atoms with van der Waals surface area (Å²) in [6, 6.07) is 3.68. The maximum atomic E-state index is 9.28. The highest BCUT2D eigenvalue weighted by Gasteiger charge is 2.20. The summed E-state index contributed by atoms with van der Waals surface area (Å²) in [5.41, 5.74) is 1.71. The summed E-state index contributed by atoms with van der Waals surface area (Å²) < 4.78 is 1.04. The summed E-state index contributed by atoms with van der Waals surface area (Å²) in [6.45, 7) is 6.37. The van der Waals surface area contributed by atoms with E-state index in [0.717, 1.165) is 20.8 Å². The number of aliphatic hydroxyl groups is 1. The molecule has 4 heteroatoms. The Kier molecular flexibility index (Phi) is 2.95. The van der Waals surface area contributed by atoms with Crippen LogP contribution in [0, 0.1) is 0 Å². The van der Waals surface area contributed by atoms with E-state index in [9.17, 15) is 5.11 Å². The average Bonchev–Trinajstić information content (AvgIpc) is 2.59. The monoisotopic (exact) mass is 255 g/mol. The minimum atomic E-state index is -0.0234. The Morgan fingerprint density at radius 3 is 2.62 bits per heavy atom. The number of hydrogen-bond acceptors (Lipinski definition) is 3. The molecule has 2 nitrogen and oxygen atoms in total. The van der Waals surface area contributed by atoms with E-state index in [0.29, 0.717) is 5.02 Å². The van der Waals surface area contributed by atoms with Crippen LogP contribution in [0.3, 0.4) is 0 Å². The first-order valence-electron chi connectivity index (χ1n) is 5.12. The summed E-state index contributed by atoms with van der Waals surface area (Å²) in [6.07, 6.45) is 0. The van der Waals surface area contributed by atoms with Crippen molar-refractivity contribution in [2.45, 2.75) is 32.8 Å². The standard InChI is InChI=1S/C12H14ClNOS/c1-12(2,3)11-14-10-7(6-15)4-8(13)5-9(10)16-11/h4-5,15H,6H2,1-3H3. The van der Waals surface area contributed by atoms with Crippen molar-refractivity contribution in [3.63, 3.8) is 0 Å². The number of hydrogen-bond donors (Lipinski definition) is 1. The van der Waals surface area contributed by atoms with Gasteiger partial charge in [0, 0.05) is 16.0 Å². The van der Waals surface area contributed by atoms with Crippen LogP contribution >= 0.6 is 22.9 Å². The molecule has 1 aromatic heterocycles. The number of nitrogens with zero attached hydrogens (tertiary/aromatic N) is 1. The van der Waals surface area contributed by atoms with Crippen LogP contribution in [0.2, 0.25) is 5.02 Å². The normalized spacial score (nSPS) is 12.3. The molecule has 16 heavy (non-hydrogen) atoms. The van der Waals surface area contributed by atoms with Gasteiger partial charge >= 0.3 is 0 Å². The van der Waals surface area contributed by atoms with Gasteiger partial charge in [0.15, 0.2) is 0 Å². The van der Waals surface area contributed by atoms with Crippen LogP contribution in [0.1, 0.15) is 31.3 Å². The van der Waals surface area contributed by atoms with Crippen molar-refractivity contribution in [1.82, 2.24) is 4.98 Å². The van der Waals surface area contributed by atoms with Gasteiger partial charge < -0.3 is 5.11 Å². The molecule has 0 radical (unpaired) electrons. The molecule has 0 saturated carbocycles. The minimum absolute atomic E-state index is 0.0234. The van der Waals surface area contributed by atoms with Gasteiger partial charge in [0.05, 0.1) is 21.8 Å². The zero-order valence-electron chi connectivity index (χ0n) is 9.54. The number of rotatable bonds is 1. The fraction of sp³-hybridized carbons (Fsp3) is 0.417. The largest absolute Gasteiger partial charge is 0.392 e. The van der Waals surface area contributed by atoms with Crippen molar-refractivity contribution in [1.29, 1.82) is 0 Å². The van der Waals surface area contributed by atoms with E-state index in [1.807, 2.05) is 6.07 Å². The molecule has 1 aromatic carbocycles. The van der Waals surface area contributed by atoms with E-state index >= 15 is 0 Å². The van der Waals surface area contributed by atoms with Gasteiger partial charge in [-0.3, -0.25) is 0 Å². The van der Waals surface area contributed by atoms with Gasteiger partial charge in [0.1, 0.15) is 0 Å². The van der Waals surface area contributed by atoms with Crippen LogP contribution in [0.5, 0.6) is 0 Å². The van der Waals surface area contributed by atoms with Crippen molar-refractivity contribution in [3.8, 4) is 0 Å². The Bertz CT molecular complexity index is 528. The maximum Gasteiger partial charge on any atom is 0.0992 e. The summed E-state index contributed by atoms with van der Waals surface area (Å²) in [5, 5.41) is 11.0. The fourth-order valence-corrected chi connectivity index (χ4v) is 2.92. The topological polar surface area (TPSA) is 33.1 Å². The van der Waals surface area contributed by atoms with Gasteiger partial charge in [0.2, 0.25) is 0 Å². The Labute approximate surface area is 104 Å². The van der Waals surface area contributed by atoms with Gasteiger partial charge in [0.25, 0.3) is 0 Å². The predicted octanol–water partition coefficient (Wildman–Crippen LogP) is 3.74. The molecule has 0 aliphatic rings. The van der Waals surface area contributed by atoms with Gasteiger partial charge in [-0.05, 0) is 12.1 Å². The second kappa shape index (κ2) is 3.99. The molecule has 86 valence electrons. The molecule has 0 amide bonds. The van der Waals surface area contributed by atoms with E-state index in [1.165, 1.54) is 0 Å². The van der Waals surface area contributed by atoms with Gasteiger partial charge in [-0.25, -0.2) is 4.98 Å². The first-order valence-corrected chi connectivity index (χ1v) is 6.31. The number of aliphatic hydroxyl groups excluding tert-OH is 1. The Morgan fingerprint density at radius 2 is 2.06 bits per heavy atom. The van der Waals surface area contributed by atoms with Crippen LogP contribution in [0.25, 0.3) is 10.2 Å². The summed E-state index contributed by atoms with van der Waals surface area (Å²) in [5.74, 6) is 0. The lowest BCUT2D eigenvalue weighted by molar-refractivity contribution is 0.283. The highest BCUT2D eigenvalue weighted by molar-refractivity contribution is 7.18. The van der Waals surface area contributed by atoms with Gasteiger partial charge in [-0.2, -0.15) is 0 Å². The second-order valence-corrected chi connectivity index (χ2v) is 6.31. The quantitative estimate of drug-likeness (QED) is 0.842. The lowest BCUT2D eigenvalue weighted by atomic mass is 9.98. The van der Waals surface area contributed by atoms with E-state index in [1.54, 1.807) is 17.4 Å². The molecular weight excluding hydrogens is 242 g/mol. The Morgan fingerprint density at radius 1 is 1.38 bits per heavy atom. The Hall–Kier alpha value is -0.640. The molecular formula is C12H14ClNOS. The predicted molar refractivity (Wildman–Crippen MR) is 69.3 cm³/mol. The van der Waals surface area contributed by atoms with E-state index < -0.39 is 0 Å². The molecule has 1 N–H and O–H groups in total. The third-order valence-corrected chi connectivity index (χ3v) is 4.00. The van der Waals surface area contributed by atoms with E-state index in [4.69, 9.17) is 11.6 Å². The van der Waals surface area contributed by atoms with Crippen LogP contribution in [-0.2, 0) is 12.0 Å². The van der Waals surface area contributed by atoms with E-state index in [2.05, 4.69) is 25.8 Å². The van der Waals surface area contributed by atoms with Crippen molar-refractivity contribution in [2.75, 3.05) is 0 Å². The highest BCUT2D eigenvalue weighted by atomic mass is 35.5. The molecule has 0 saturated heterocycles. The molecule has 0 bridgehead atoms. The van der Waals surface area contributed by atoms with Crippen molar-refractivity contribution in [3.05, 3.63) is 27.7 Å². The molecule has 2 aromatic rings. The maximum absolute atomic E-state index is 9.28. The van der Waals surface area contributed by atoms with Crippen molar-refractivity contribution in [2.24, 2.45) is 0 Å². The molecule has 0 atom stereocenters.